The number of methoxy groups -OCH3 is 2. The first kappa shape index (κ1) is 12.3. The number of hydrogen-bond donors (Lipinski definition) is 1. The molecule has 0 bridgehead atoms. The Bertz CT molecular complexity index is 340. The van der Waals surface area contributed by atoms with Gasteiger partial charge < -0.3 is 15.2 Å². The van der Waals surface area contributed by atoms with Gasteiger partial charge in [0.1, 0.15) is 5.75 Å². The fraction of sp³-hybridized carbons (Fsp3) is 0.455. The van der Waals surface area contributed by atoms with E-state index in [0.29, 0.717) is 17.4 Å². The van der Waals surface area contributed by atoms with Crippen LogP contribution < -0.4 is 10.5 Å². The van der Waals surface area contributed by atoms with E-state index < -0.39 is 0 Å². The van der Waals surface area contributed by atoms with Crippen LogP contribution >= 0.6 is 11.6 Å². The fourth-order valence-electron chi connectivity index (χ4n) is 1.47. The molecule has 1 atom stereocenters. The van der Waals surface area contributed by atoms with Crippen molar-refractivity contribution in [2.24, 2.45) is 5.73 Å². The van der Waals surface area contributed by atoms with Crippen molar-refractivity contribution in [1.29, 1.82) is 0 Å². The quantitative estimate of drug-likeness (QED) is 0.863. The first-order valence-electron chi connectivity index (χ1n) is 4.71. The van der Waals surface area contributed by atoms with E-state index in [0.717, 1.165) is 11.1 Å². The number of nitrogens with two attached hydrogens (primary N) is 1. The van der Waals surface area contributed by atoms with Crippen molar-refractivity contribution in [3.63, 3.8) is 0 Å². The Kier molecular flexibility index (Phi) is 4.39. The molecule has 0 spiro atoms. The molecule has 84 valence electrons. The molecule has 4 heteroatoms. The summed E-state index contributed by atoms with van der Waals surface area (Å²) in [6.45, 7) is 2.42. The van der Waals surface area contributed by atoms with Gasteiger partial charge in [-0.2, -0.15) is 0 Å². The molecular weight excluding hydrogens is 214 g/mol. The van der Waals surface area contributed by atoms with Gasteiger partial charge in [-0.25, -0.2) is 0 Å². The average Bonchev–Trinajstić information content (AvgIpc) is 2.20. The van der Waals surface area contributed by atoms with Crippen LogP contribution in [0.2, 0.25) is 5.02 Å². The minimum absolute atomic E-state index is 0.0708. The lowest BCUT2D eigenvalue weighted by Crippen LogP contribution is -2.09. The maximum absolute atomic E-state index is 6.02. The first-order valence-corrected chi connectivity index (χ1v) is 5.08. The second-order valence-corrected chi connectivity index (χ2v) is 3.81. The molecular formula is C11H16ClNO2. The molecule has 0 aliphatic rings. The summed E-state index contributed by atoms with van der Waals surface area (Å²) in [7, 11) is 3.23. The molecule has 0 aromatic heterocycles. The summed E-state index contributed by atoms with van der Waals surface area (Å²) in [5.41, 5.74) is 7.85. The summed E-state index contributed by atoms with van der Waals surface area (Å²) in [6.07, 6.45) is 0. The van der Waals surface area contributed by atoms with Gasteiger partial charge in [-0.3, -0.25) is 0 Å². The van der Waals surface area contributed by atoms with Crippen LogP contribution in [0, 0.1) is 0 Å². The molecule has 0 fully saturated rings. The zero-order valence-corrected chi connectivity index (χ0v) is 9.97. The third kappa shape index (κ3) is 2.84. The highest BCUT2D eigenvalue weighted by Gasteiger charge is 2.11. The molecule has 0 radical (unpaired) electrons. The van der Waals surface area contributed by atoms with Crippen LogP contribution in [0.15, 0.2) is 12.1 Å². The minimum atomic E-state index is -0.0708. The third-order valence-corrected chi connectivity index (χ3v) is 2.50. The largest absolute Gasteiger partial charge is 0.495 e. The Hall–Kier alpha value is -0.770. The molecule has 0 aliphatic carbocycles. The van der Waals surface area contributed by atoms with Gasteiger partial charge in [0.25, 0.3) is 0 Å². The van der Waals surface area contributed by atoms with E-state index in [-0.39, 0.29) is 6.04 Å². The van der Waals surface area contributed by atoms with Crippen LogP contribution in [0.25, 0.3) is 0 Å². The summed E-state index contributed by atoms with van der Waals surface area (Å²) < 4.78 is 10.2. The van der Waals surface area contributed by atoms with E-state index in [4.69, 9.17) is 26.8 Å². The van der Waals surface area contributed by atoms with Gasteiger partial charge in [-0.1, -0.05) is 11.6 Å². The van der Waals surface area contributed by atoms with Crippen LogP contribution in [0.1, 0.15) is 24.1 Å². The Labute approximate surface area is 95.1 Å². The van der Waals surface area contributed by atoms with Gasteiger partial charge in [0.15, 0.2) is 0 Å². The fourth-order valence-corrected chi connectivity index (χ4v) is 1.72. The van der Waals surface area contributed by atoms with Crippen molar-refractivity contribution in [1.82, 2.24) is 0 Å². The van der Waals surface area contributed by atoms with Crippen LogP contribution in [0.5, 0.6) is 5.75 Å². The number of rotatable bonds is 4. The normalized spacial score (nSPS) is 12.6. The Morgan fingerprint density at radius 1 is 1.40 bits per heavy atom. The van der Waals surface area contributed by atoms with E-state index in [1.165, 1.54) is 0 Å². The molecule has 0 saturated carbocycles. The highest BCUT2D eigenvalue weighted by atomic mass is 35.5. The van der Waals surface area contributed by atoms with Crippen LogP contribution in [-0.4, -0.2) is 14.2 Å². The molecule has 0 amide bonds. The maximum Gasteiger partial charge on any atom is 0.137 e. The minimum Gasteiger partial charge on any atom is -0.495 e. The maximum atomic E-state index is 6.02. The molecule has 0 heterocycles. The first-order chi connectivity index (χ1) is 7.10. The predicted octanol–water partition coefficient (Wildman–Crippen LogP) is 2.51. The second kappa shape index (κ2) is 5.35. The van der Waals surface area contributed by atoms with Crippen molar-refractivity contribution in [3.05, 3.63) is 28.3 Å². The van der Waals surface area contributed by atoms with Crippen molar-refractivity contribution >= 4 is 11.6 Å². The Balaban J connectivity index is 3.19. The van der Waals surface area contributed by atoms with Crippen molar-refractivity contribution < 1.29 is 9.47 Å². The predicted molar refractivity (Wildman–Crippen MR) is 61.3 cm³/mol. The third-order valence-electron chi connectivity index (χ3n) is 2.20. The molecule has 0 saturated heterocycles. The molecule has 2 N–H and O–H groups in total. The molecule has 1 unspecified atom stereocenters. The van der Waals surface area contributed by atoms with Gasteiger partial charge in [0, 0.05) is 13.2 Å². The molecule has 1 aromatic carbocycles. The molecule has 1 aromatic rings. The number of benzene rings is 1. The van der Waals surface area contributed by atoms with E-state index in [1.54, 1.807) is 14.2 Å². The van der Waals surface area contributed by atoms with Gasteiger partial charge in [-0.15, -0.1) is 0 Å². The van der Waals surface area contributed by atoms with E-state index in [2.05, 4.69) is 0 Å². The molecule has 0 aliphatic heterocycles. The van der Waals surface area contributed by atoms with Crippen LogP contribution in [0.4, 0.5) is 0 Å². The lowest BCUT2D eigenvalue weighted by Gasteiger charge is -2.15. The zero-order chi connectivity index (χ0) is 11.4. The van der Waals surface area contributed by atoms with Crippen LogP contribution in [-0.2, 0) is 11.3 Å². The van der Waals surface area contributed by atoms with Crippen molar-refractivity contribution in [2.45, 2.75) is 19.6 Å². The Morgan fingerprint density at radius 3 is 2.53 bits per heavy atom. The number of ether oxygens (including phenoxy) is 2. The summed E-state index contributed by atoms with van der Waals surface area (Å²) in [4.78, 5) is 0. The van der Waals surface area contributed by atoms with Gasteiger partial charge in [0.05, 0.1) is 18.7 Å². The van der Waals surface area contributed by atoms with Crippen molar-refractivity contribution in [2.75, 3.05) is 14.2 Å². The monoisotopic (exact) mass is 229 g/mol. The number of halogens is 1. The zero-order valence-electron chi connectivity index (χ0n) is 9.21. The highest BCUT2D eigenvalue weighted by molar-refractivity contribution is 6.32. The summed E-state index contributed by atoms with van der Waals surface area (Å²) in [5.74, 6) is 0.646. The van der Waals surface area contributed by atoms with Gasteiger partial charge in [0.2, 0.25) is 0 Å². The lowest BCUT2D eigenvalue weighted by atomic mass is 10.0. The topological polar surface area (TPSA) is 44.5 Å². The summed E-state index contributed by atoms with van der Waals surface area (Å²) >= 11 is 6.02. The summed E-state index contributed by atoms with van der Waals surface area (Å²) in [6, 6.07) is 3.63. The lowest BCUT2D eigenvalue weighted by molar-refractivity contribution is 0.183. The molecule has 1 rings (SSSR count). The van der Waals surface area contributed by atoms with E-state index in [1.807, 2.05) is 19.1 Å². The van der Waals surface area contributed by atoms with E-state index >= 15 is 0 Å². The van der Waals surface area contributed by atoms with Crippen molar-refractivity contribution in [3.8, 4) is 5.75 Å². The molecule has 3 nitrogen and oxygen atoms in total. The van der Waals surface area contributed by atoms with Crippen LogP contribution in [0.3, 0.4) is 0 Å². The average molecular weight is 230 g/mol. The second-order valence-electron chi connectivity index (χ2n) is 3.41. The SMILES string of the molecule is COCc1cc(OC)c(Cl)cc1C(C)N. The standard InChI is InChI=1S/C11H16ClNO2/c1-7(13)9-5-10(12)11(15-3)4-8(9)6-14-2/h4-5,7H,6,13H2,1-3H3. The highest BCUT2D eigenvalue weighted by Crippen LogP contribution is 2.30. The summed E-state index contributed by atoms with van der Waals surface area (Å²) in [5, 5.41) is 0.574. The Morgan fingerprint density at radius 2 is 2.07 bits per heavy atom. The smallest absolute Gasteiger partial charge is 0.137 e. The van der Waals surface area contributed by atoms with E-state index in [9.17, 15) is 0 Å². The number of hydrogen-bond acceptors (Lipinski definition) is 3. The van der Waals surface area contributed by atoms with Gasteiger partial charge in [-0.05, 0) is 30.2 Å². The van der Waals surface area contributed by atoms with Gasteiger partial charge >= 0.3 is 0 Å². The molecule has 15 heavy (non-hydrogen) atoms.